The van der Waals surface area contributed by atoms with Crippen LogP contribution in [0.25, 0.3) is 11.0 Å². The van der Waals surface area contributed by atoms with Gasteiger partial charge in [0.25, 0.3) is 11.5 Å². The van der Waals surface area contributed by atoms with E-state index >= 15 is 0 Å². The minimum atomic E-state index is -0.476. The normalized spacial score (nSPS) is 10.9. The van der Waals surface area contributed by atoms with Gasteiger partial charge in [-0.3, -0.25) is 18.7 Å². The minimum Gasteiger partial charge on any atom is -0.307 e. The highest BCUT2D eigenvalue weighted by atomic mass is 16.2. The van der Waals surface area contributed by atoms with Crippen LogP contribution in [0.3, 0.4) is 0 Å². The average molecular weight is 366 g/mol. The predicted molar refractivity (Wildman–Crippen MR) is 105 cm³/mol. The van der Waals surface area contributed by atoms with Crippen molar-refractivity contribution in [3.05, 3.63) is 69.0 Å². The maximum Gasteiger partial charge on any atom is 0.332 e. The van der Waals surface area contributed by atoms with Gasteiger partial charge in [-0.25, -0.2) is 9.78 Å². The van der Waals surface area contributed by atoms with Crippen LogP contribution < -0.4 is 16.1 Å². The van der Waals surface area contributed by atoms with Gasteiger partial charge in [-0.05, 0) is 30.7 Å². The molecule has 0 fully saturated rings. The molecule has 0 saturated carbocycles. The fourth-order valence-corrected chi connectivity index (χ4v) is 2.98. The van der Waals surface area contributed by atoms with E-state index in [1.807, 2.05) is 30.3 Å². The summed E-state index contributed by atoms with van der Waals surface area (Å²) in [6.07, 6.45) is 1.81. The Kier molecular flexibility index (Phi) is 5.21. The Hall–Kier alpha value is -3.22. The standard InChI is InChI=1S/C20H22N4O3/c1-4-5-13-24(14-9-7-6-8-10-14)19(26)16-12-11-15-17(21-16)22(2)20(27)23(3)18(15)25/h6-12H,4-5,13H2,1-3H3. The second kappa shape index (κ2) is 7.57. The van der Waals surface area contributed by atoms with E-state index in [0.717, 1.165) is 23.1 Å². The number of fused-ring (bicyclic) bond motifs is 1. The molecule has 0 bridgehead atoms. The highest BCUT2D eigenvalue weighted by Gasteiger charge is 2.20. The van der Waals surface area contributed by atoms with Crippen LogP contribution in [0.15, 0.2) is 52.1 Å². The summed E-state index contributed by atoms with van der Waals surface area (Å²) in [5.41, 5.74) is 0.292. The maximum absolute atomic E-state index is 13.1. The zero-order valence-electron chi connectivity index (χ0n) is 15.7. The first-order valence-electron chi connectivity index (χ1n) is 8.89. The van der Waals surface area contributed by atoms with E-state index in [2.05, 4.69) is 11.9 Å². The van der Waals surface area contributed by atoms with Gasteiger partial charge in [-0.2, -0.15) is 0 Å². The molecule has 0 aliphatic heterocycles. The van der Waals surface area contributed by atoms with Crippen molar-refractivity contribution >= 4 is 22.6 Å². The Morgan fingerprint density at radius 3 is 2.41 bits per heavy atom. The third-order valence-electron chi connectivity index (χ3n) is 4.57. The Balaban J connectivity index is 2.11. The van der Waals surface area contributed by atoms with Crippen LogP contribution in [0.1, 0.15) is 30.3 Å². The molecule has 7 nitrogen and oxygen atoms in total. The number of unbranched alkanes of at least 4 members (excludes halogenated alkanes) is 1. The van der Waals surface area contributed by atoms with Crippen molar-refractivity contribution in [1.82, 2.24) is 14.1 Å². The first-order valence-corrected chi connectivity index (χ1v) is 8.89. The molecule has 7 heteroatoms. The van der Waals surface area contributed by atoms with Crippen molar-refractivity contribution in [2.24, 2.45) is 14.1 Å². The number of hydrogen-bond donors (Lipinski definition) is 0. The third kappa shape index (κ3) is 3.40. The fraction of sp³-hybridized carbons (Fsp3) is 0.300. The summed E-state index contributed by atoms with van der Waals surface area (Å²) in [5, 5.41) is 0.302. The van der Waals surface area contributed by atoms with Crippen molar-refractivity contribution in [1.29, 1.82) is 0 Å². The SMILES string of the molecule is CCCCN(C(=O)c1ccc2c(=O)n(C)c(=O)n(C)c2n1)c1ccccc1. The summed E-state index contributed by atoms with van der Waals surface area (Å²) in [4.78, 5) is 43.6. The first kappa shape index (κ1) is 18.6. The summed E-state index contributed by atoms with van der Waals surface area (Å²) in [7, 11) is 2.96. The van der Waals surface area contributed by atoms with Gasteiger partial charge in [0, 0.05) is 26.3 Å². The minimum absolute atomic E-state index is 0.200. The van der Waals surface area contributed by atoms with Crippen molar-refractivity contribution in [2.45, 2.75) is 19.8 Å². The molecule has 0 N–H and O–H groups in total. The number of rotatable bonds is 5. The van der Waals surface area contributed by atoms with Crippen LogP contribution in [-0.2, 0) is 14.1 Å². The summed E-state index contributed by atoms with van der Waals surface area (Å²) in [6, 6.07) is 12.5. The molecule has 0 saturated heterocycles. The lowest BCUT2D eigenvalue weighted by atomic mass is 10.2. The van der Waals surface area contributed by atoms with Crippen LogP contribution in [0.5, 0.6) is 0 Å². The lowest BCUT2D eigenvalue weighted by molar-refractivity contribution is 0.0982. The van der Waals surface area contributed by atoms with E-state index in [-0.39, 0.29) is 17.2 Å². The molecule has 2 heterocycles. The summed E-state index contributed by atoms with van der Waals surface area (Å²) >= 11 is 0. The van der Waals surface area contributed by atoms with Crippen molar-refractivity contribution < 1.29 is 4.79 Å². The molecular formula is C20H22N4O3. The average Bonchev–Trinajstić information content (AvgIpc) is 2.71. The Labute approximate surface area is 156 Å². The van der Waals surface area contributed by atoms with Gasteiger partial charge in [-0.15, -0.1) is 0 Å². The molecule has 0 spiro atoms. The molecule has 0 atom stereocenters. The Morgan fingerprint density at radius 1 is 1.04 bits per heavy atom. The summed E-state index contributed by atoms with van der Waals surface area (Å²) in [6.45, 7) is 2.63. The number of amides is 1. The van der Waals surface area contributed by atoms with E-state index in [0.29, 0.717) is 11.9 Å². The highest BCUT2D eigenvalue weighted by molar-refractivity contribution is 6.05. The van der Waals surface area contributed by atoms with E-state index in [4.69, 9.17) is 0 Å². The van der Waals surface area contributed by atoms with Gasteiger partial charge in [-0.1, -0.05) is 31.5 Å². The lowest BCUT2D eigenvalue weighted by Gasteiger charge is -2.22. The van der Waals surface area contributed by atoms with Crippen molar-refractivity contribution in [3.8, 4) is 0 Å². The number of carbonyl (C=O) groups is 1. The first-order chi connectivity index (χ1) is 13.0. The zero-order valence-corrected chi connectivity index (χ0v) is 15.7. The number of anilines is 1. The molecule has 3 aromatic rings. The molecule has 0 unspecified atom stereocenters. The van der Waals surface area contributed by atoms with Gasteiger partial charge in [0.05, 0.1) is 5.39 Å². The van der Waals surface area contributed by atoms with Crippen molar-refractivity contribution in [2.75, 3.05) is 11.4 Å². The highest BCUT2D eigenvalue weighted by Crippen LogP contribution is 2.18. The van der Waals surface area contributed by atoms with Crippen LogP contribution in [0.4, 0.5) is 5.69 Å². The van der Waals surface area contributed by atoms with E-state index in [9.17, 15) is 14.4 Å². The number of hydrogen-bond acceptors (Lipinski definition) is 4. The second-order valence-electron chi connectivity index (χ2n) is 6.42. The molecule has 2 aromatic heterocycles. The number of aromatic nitrogens is 3. The topological polar surface area (TPSA) is 77.2 Å². The number of aryl methyl sites for hydroxylation is 1. The van der Waals surface area contributed by atoms with Crippen molar-refractivity contribution in [3.63, 3.8) is 0 Å². The molecule has 0 aliphatic rings. The number of benzene rings is 1. The molecule has 0 radical (unpaired) electrons. The van der Waals surface area contributed by atoms with Gasteiger partial charge in [0.15, 0.2) is 0 Å². The molecule has 27 heavy (non-hydrogen) atoms. The van der Waals surface area contributed by atoms with Crippen LogP contribution in [-0.4, -0.2) is 26.6 Å². The fourth-order valence-electron chi connectivity index (χ4n) is 2.98. The number of nitrogens with zero attached hydrogens (tertiary/aromatic N) is 4. The Morgan fingerprint density at radius 2 is 1.74 bits per heavy atom. The molecule has 1 aromatic carbocycles. The third-order valence-corrected chi connectivity index (χ3v) is 4.57. The maximum atomic E-state index is 13.1. The van der Waals surface area contributed by atoms with E-state index in [1.54, 1.807) is 17.0 Å². The monoisotopic (exact) mass is 366 g/mol. The van der Waals surface area contributed by atoms with Crippen LogP contribution in [0.2, 0.25) is 0 Å². The van der Waals surface area contributed by atoms with E-state index < -0.39 is 11.2 Å². The summed E-state index contributed by atoms with van der Waals surface area (Å²) < 4.78 is 2.31. The van der Waals surface area contributed by atoms with Crippen LogP contribution in [0, 0.1) is 0 Å². The summed E-state index contributed by atoms with van der Waals surface area (Å²) in [5.74, 6) is -0.260. The smallest absolute Gasteiger partial charge is 0.307 e. The van der Waals surface area contributed by atoms with Gasteiger partial charge < -0.3 is 4.90 Å². The van der Waals surface area contributed by atoms with Gasteiger partial charge >= 0.3 is 5.69 Å². The predicted octanol–water partition coefficient (Wildman–Crippen LogP) is 2.08. The number of para-hydroxylation sites is 1. The lowest BCUT2D eigenvalue weighted by Crippen LogP contribution is -2.38. The van der Waals surface area contributed by atoms with Gasteiger partial charge in [0.2, 0.25) is 0 Å². The van der Waals surface area contributed by atoms with Crippen LogP contribution >= 0.6 is 0 Å². The molecule has 1 amide bonds. The number of pyridine rings is 1. The Bertz CT molecular complexity index is 1100. The molecule has 0 aliphatic carbocycles. The quantitative estimate of drug-likeness (QED) is 0.693. The molecular weight excluding hydrogens is 344 g/mol. The second-order valence-corrected chi connectivity index (χ2v) is 6.42. The molecule has 3 rings (SSSR count). The largest absolute Gasteiger partial charge is 0.332 e. The van der Waals surface area contributed by atoms with E-state index in [1.165, 1.54) is 18.7 Å². The number of carbonyl (C=O) groups excluding carboxylic acids is 1. The zero-order chi connectivity index (χ0) is 19.6. The van der Waals surface area contributed by atoms with Gasteiger partial charge in [0.1, 0.15) is 11.3 Å². The molecule has 140 valence electrons.